The van der Waals surface area contributed by atoms with Gasteiger partial charge < -0.3 is 0 Å². The predicted octanol–water partition coefficient (Wildman–Crippen LogP) is 2.14. The summed E-state index contributed by atoms with van der Waals surface area (Å²) in [4.78, 5) is 7.60. The van der Waals surface area contributed by atoms with Gasteiger partial charge in [0.05, 0.1) is 5.02 Å². The molecule has 1 rings (SSSR count). The number of hydroxylamine groups is 1. The smallest absolute Gasteiger partial charge is 0.172 e. The van der Waals surface area contributed by atoms with E-state index in [2.05, 4.69) is 25.9 Å². The highest BCUT2D eigenvalue weighted by atomic mass is 79.9. The quantitative estimate of drug-likeness (QED) is 0.480. The second-order valence-electron chi connectivity index (χ2n) is 1.85. The molecule has 1 heterocycles. The van der Waals surface area contributed by atoms with Gasteiger partial charge in [-0.25, -0.2) is 9.98 Å². The maximum absolute atomic E-state index is 8.19. The van der Waals surface area contributed by atoms with Crippen LogP contribution in [0.25, 0.3) is 0 Å². The Morgan fingerprint density at radius 3 is 3.08 bits per heavy atom. The Morgan fingerprint density at radius 2 is 2.50 bits per heavy atom. The van der Waals surface area contributed by atoms with Gasteiger partial charge in [0.2, 0.25) is 0 Å². The Morgan fingerprint density at radius 1 is 1.75 bits per heavy atom. The summed E-state index contributed by atoms with van der Waals surface area (Å²) in [5, 5.41) is 8.61. The number of aliphatic imine (C=N–C) groups is 1. The van der Waals surface area contributed by atoms with Crippen molar-refractivity contribution in [3.63, 3.8) is 0 Å². The molecular formula is C6H5BrClN3O. The van der Waals surface area contributed by atoms with E-state index >= 15 is 0 Å². The lowest BCUT2D eigenvalue weighted by Gasteiger charge is -1.96. The molecule has 0 spiro atoms. The van der Waals surface area contributed by atoms with Crippen LogP contribution in [0.2, 0.25) is 5.02 Å². The van der Waals surface area contributed by atoms with Gasteiger partial charge in [0.25, 0.3) is 0 Å². The molecule has 0 aliphatic carbocycles. The van der Waals surface area contributed by atoms with Crippen LogP contribution in [0.5, 0.6) is 0 Å². The Kier molecular flexibility index (Phi) is 3.46. The lowest BCUT2D eigenvalue weighted by atomic mass is 10.5. The van der Waals surface area contributed by atoms with E-state index in [1.807, 2.05) is 0 Å². The summed E-state index contributed by atoms with van der Waals surface area (Å²) in [5.74, 6) is 0.349. The third kappa shape index (κ3) is 2.44. The van der Waals surface area contributed by atoms with E-state index in [4.69, 9.17) is 16.8 Å². The lowest BCUT2D eigenvalue weighted by Crippen LogP contribution is -2.01. The van der Waals surface area contributed by atoms with Crippen LogP contribution < -0.4 is 5.48 Å². The average molecular weight is 250 g/mol. The minimum atomic E-state index is 0.349. The first-order valence-electron chi connectivity index (χ1n) is 2.97. The average Bonchev–Trinajstić information content (AvgIpc) is 2.03. The third-order valence-corrected chi connectivity index (χ3v) is 1.74. The molecule has 12 heavy (non-hydrogen) atoms. The molecule has 0 saturated heterocycles. The van der Waals surface area contributed by atoms with E-state index in [9.17, 15) is 0 Å². The minimum Gasteiger partial charge on any atom is -0.290 e. The topological polar surface area (TPSA) is 57.5 Å². The summed E-state index contributed by atoms with van der Waals surface area (Å²) in [5.41, 5.74) is 1.76. The molecule has 0 radical (unpaired) electrons. The first-order chi connectivity index (χ1) is 5.74. The fourth-order valence-corrected chi connectivity index (χ4v) is 1.27. The second-order valence-corrected chi connectivity index (χ2v) is 3.17. The second kappa shape index (κ2) is 4.39. The molecule has 0 atom stereocenters. The summed E-state index contributed by atoms with van der Waals surface area (Å²) < 4.78 is 0.781. The maximum atomic E-state index is 8.19. The first-order valence-corrected chi connectivity index (χ1v) is 4.14. The van der Waals surface area contributed by atoms with E-state index in [0.29, 0.717) is 10.8 Å². The molecule has 0 amide bonds. The van der Waals surface area contributed by atoms with Crippen LogP contribution in [-0.2, 0) is 0 Å². The molecule has 0 saturated carbocycles. The van der Waals surface area contributed by atoms with Crippen LogP contribution in [0.4, 0.5) is 5.82 Å². The van der Waals surface area contributed by atoms with E-state index in [0.717, 1.165) is 10.8 Å². The standard InChI is InChI=1S/C6H5BrClN3O/c7-4-1-5(8)6(9-2-4)10-3-11-12/h1-3,12H,(H,9,10,11). The van der Waals surface area contributed by atoms with Crippen molar-refractivity contribution < 1.29 is 5.21 Å². The van der Waals surface area contributed by atoms with Crippen molar-refractivity contribution in [1.82, 2.24) is 10.5 Å². The number of aromatic nitrogens is 1. The number of nitrogens with one attached hydrogen (secondary N) is 1. The normalized spacial score (nSPS) is 10.6. The SMILES string of the molecule is ON/C=N/c1ncc(Br)cc1Cl. The maximum Gasteiger partial charge on any atom is 0.172 e. The zero-order valence-corrected chi connectivity index (χ0v) is 8.17. The summed E-state index contributed by atoms with van der Waals surface area (Å²) in [7, 11) is 0. The highest BCUT2D eigenvalue weighted by Crippen LogP contribution is 2.24. The van der Waals surface area contributed by atoms with Gasteiger partial charge in [-0.1, -0.05) is 11.6 Å². The van der Waals surface area contributed by atoms with Crippen molar-refractivity contribution in [3.8, 4) is 0 Å². The minimum absolute atomic E-state index is 0.349. The number of pyridine rings is 1. The first kappa shape index (κ1) is 9.44. The van der Waals surface area contributed by atoms with Crippen LogP contribution in [0.3, 0.4) is 0 Å². The van der Waals surface area contributed by atoms with E-state index in [1.54, 1.807) is 17.7 Å². The number of rotatable bonds is 2. The molecule has 0 aromatic carbocycles. The van der Waals surface area contributed by atoms with Crippen molar-refractivity contribution in [2.24, 2.45) is 4.99 Å². The van der Waals surface area contributed by atoms with Gasteiger partial charge in [0.15, 0.2) is 5.82 Å². The zero-order valence-electron chi connectivity index (χ0n) is 5.83. The van der Waals surface area contributed by atoms with Crippen LogP contribution >= 0.6 is 27.5 Å². The highest BCUT2D eigenvalue weighted by molar-refractivity contribution is 9.10. The van der Waals surface area contributed by atoms with Crippen molar-refractivity contribution in [3.05, 3.63) is 21.8 Å². The largest absolute Gasteiger partial charge is 0.290 e. The van der Waals surface area contributed by atoms with Gasteiger partial charge in [-0.15, -0.1) is 0 Å². The molecule has 64 valence electrons. The molecule has 2 N–H and O–H groups in total. The van der Waals surface area contributed by atoms with Crippen LogP contribution in [0.1, 0.15) is 0 Å². The summed E-state index contributed by atoms with van der Waals surface area (Å²) in [6.07, 6.45) is 2.65. The molecule has 0 fully saturated rings. The fraction of sp³-hybridized carbons (Fsp3) is 0. The number of halogens is 2. The van der Waals surface area contributed by atoms with Crippen LogP contribution in [-0.4, -0.2) is 16.5 Å². The highest BCUT2D eigenvalue weighted by Gasteiger charge is 1.98. The van der Waals surface area contributed by atoms with Gasteiger partial charge in [0, 0.05) is 10.7 Å². The van der Waals surface area contributed by atoms with Gasteiger partial charge in [-0.2, -0.15) is 0 Å². The molecule has 4 nitrogen and oxygen atoms in total. The van der Waals surface area contributed by atoms with E-state index in [-0.39, 0.29) is 0 Å². The van der Waals surface area contributed by atoms with E-state index < -0.39 is 0 Å². The molecule has 0 bridgehead atoms. The number of hydrogen-bond donors (Lipinski definition) is 2. The van der Waals surface area contributed by atoms with Gasteiger partial charge in [-0.05, 0) is 22.0 Å². The summed E-state index contributed by atoms with van der Waals surface area (Å²) >= 11 is 8.95. The zero-order chi connectivity index (χ0) is 8.97. The molecule has 0 aliphatic heterocycles. The van der Waals surface area contributed by atoms with Crippen molar-refractivity contribution in [1.29, 1.82) is 0 Å². The molecule has 1 aromatic heterocycles. The number of nitrogens with zero attached hydrogens (tertiary/aromatic N) is 2. The Bertz CT molecular complexity index is 305. The Hall–Kier alpha value is -0.650. The lowest BCUT2D eigenvalue weighted by molar-refractivity contribution is 0.240. The Balaban J connectivity index is 2.94. The summed E-state index contributed by atoms with van der Waals surface area (Å²) in [6, 6.07) is 1.67. The van der Waals surface area contributed by atoms with Gasteiger partial charge >= 0.3 is 0 Å². The van der Waals surface area contributed by atoms with Crippen molar-refractivity contribution in [2.75, 3.05) is 0 Å². The van der Waals surface area contributed by atoms with Crippen molar-refractivity contribution in [2.45, 2.75) is 0 Å². The van der Waals surface area contributed by atoms with Gasteiger partial charge in [0.1, 0.15) is 6.34 Å². The Labute approximate surface area is 82.4 Å². The predicted molar refractivity (Wildman–Crippen MR) is 50.0 cm³/mol. The van der Waals surface area contributed by atoms with Crippen LogP contribution in [0, 0.1) is 0 Å². The third-order valence-electron chi connectivity index (χ3n) is 1.03. The molecule has 0 unspecified atom stereocenters. The monoisotopic (exact) mass is 249 g/mol. The van der Waals surface area contributed by atoms with Gasteiger partial charge in [-0.3, -0.25) is 10.7 Å². The number of hydrogen-bond acceptors (Lipinski definition) is 3. The fourth-order valence-electron chi connectivity index (χ4n) is 0.592. The summed E-state index contributed by atoms with van der Waals surface area (Å²) in [6.45, 7) is 0. The molecule has 6 heteroatoms. The molecule has 1 aromatic rings. The molecular weight excluding hydrogens is 245 g/mol. The van der Waals surface area contributed by atoms with Crippen molar-refractivity contribution >= 4 is 39.7 Å². The molecule has 0 aliphatic rings. The van der Waals surface area contributed by atoms with Crippen LogP contribution in [0.15, 0.2) is 21.7 Å². The van der Waals surface area contributed by atoms with E-state index in [1.165, 1.54) is 0 Å².